The van der Waals surface area contributed by atoms with E-state index in [4.69, 9.17) is 4.74 Å². The van der Waals surface area contributed by atoms with Gasteiger partial charge in [0, 0.05) is 31.0 Å². The summed E-state index contributed by atoms with van der Waals surface area (Å²) in [6.45, 7) is 5.22. The van der Waals surface area contributed by atoms with Crippen molar-refractivity contribution in [2.24, 2.45) is 0 Å². The summed E-state index contributed by atoms with van der Waals surface area (Å²) in [7, 11) is 0. The van der Waals surface area contributed by atoms with Gasteiger partial charge in [0.05, 0.1) is 17.0 Å². The van der Waals surface area contributed by atoms with Crippen molar-refractivity contribution in [3.63, 3.8) is 0 Å². The van der Waals surface area contributed by atoms with E-state index >= 15 is 0 Å². The number of allylic oxidation sites excluding steroid dienone is 1. The van der Waals surface area contributed by atoms with Crippen molar-refractivity contribution in [3.05, 3.63) is 82.4 Å². The van der Waals surface area contributed by atoms with E-state index in [1.165, 1.54) is 28.5 Å². The first kappa shape index (κ1) is 22.2. The maximum absolute atomic E-state index is 13.5. The number of carbonyl (C=O) groups excluding carboxylic acids is 1. The number of rotatable bonds is 8. The van der Waals surface area contributed by atoms with Crippen LogP contribution in [0.1, 0.15) is 28.8 Å². The Labute approximate surface area is 189 Å². The van der Waals surface area contributed by atoms with Crippen molar-refractivity contribution in [1.29, 1.82) is 0 Å². The molecule has 1 N–H and O–H groups in total. The molecule has 1 aliphatic heterocycles. The molecule has 1 atom stereocenters. The maximum Gasteiger partial charge on any atom is 0.262 e. The fraction of sp³-hybridized carbons (Fsp3) is 0.292. The van der Waals surface area contributed by atoms with E-state index in [9.17, 15) is 14.0 Å². The summed E-state index contributed by atoms with van der Waals surface area (Å²) in [5.41, 5.74) is 1.46. The molecule has 2 heterocycles. The third-order valence-electron chi connectivity index (χ3n) is 5.27. The maximum atomic E-state index is 13.5. The molecule has 0 bridgehead atoms. The Morgan fingerprint density at radius 1 is 1.34 bits per heavy atom. The molecule has 8 heteroatoms. The van der Waals surface area contributed by atoms with Crippen LogP contribution in [0.15, 0.2) is 65.1 Å². The molecular formula is C24H24FN3O3S. The standard InChI is InChI=1S/C24H24FN3O3S/c1-2-10-28-23(30)20-9-8-17(22(29)26-14-19-7-4-11-31-19)13-21(20)27-24(28)32-15-16-5-3-6-18(25)12-16/h2-3,5-6,8-9,12-13,19H,1,4,7,10-11,14-15H2,(H,26,29)/t19-/m1/s1. The zero-order chi connectivity index (χ0) is 22.5. The molecule has 1 aromatic heterocycles. The average Bonchev–Trinajstić information content (AvgIpc) is 3.32. The van der Waals surface area contributed by atoms with Gasteiger partial charge in [-0.3, -0.25) is 14.2 Å². The molecule has 2 aromatic carbocycles. The molecule has 0 unspecified atom stereocenters. The first-order chi connectivity index (χ1) is 15.5. The number of hydrogen-bond donors (Lipinski definition) is 1. The zero-order valence-corrected chi connectivity index (χ0v) is 18.4. The smallest absolute Gasteiger partial charge is 0.262 e. The number of thioether (sulfide) groups is 1. The van der Waals surface area contributed by atoms with Gasteiger partial charge in [0.25, 0.3) is 11.5 Å². The summed E-state index contributed by atoms with van der Waals surface area (Å²) < 4.78 is 20.6. The Kier molecular flexibility index (Phi) is 7.02. The van der Waals surface area contributed by atoms with Crippen molar-refractivity contribution in [1.82, 2.24) is 14.9 Å². The molecule has 3 aromatic rings. The van der Waals surface area contributed by atoms with Crippen molar-refractivity contribution >= 4 is 28.6 Å². The predicted octanol–water partition coefficient (Wildman–Crippen LogP) is 3.92. The van der Waals surface area contributed by atoms with Crippen LogP contribution in [0, 0.1) is 5.82 Å². The highest BCUT2D eigenvalue weighted by atomic mass is 32.2. The fourth-order valence-electron chi connectivity index (χ4n) is 3.63. The Bertz CT molecular complexity index is 1200. The third-order valence-corrected chi connectivity index (χ3v) is 6.31. The molecule has 4 rings (SSSR count). The lowest BCUT2D eigenvalue weighted by atomic mass is 10.1. The molecule has 0 spiro atoms. The second kappa shape index (κ2) is 10.1. The van der Waals surface area contributed by atoms with Gasteiger partial charge in [0.1, 0.15) is 5.82 Å². The summed E-state index contributed by atoms with van der Waals surface area (Å²) in [6.07, 6.45) is 3.63. The zero-order valence-electron chi connectivity index (χ0n) is 17.6. The first-order valence-corrected chi connectivity index (χ1v) is 11.5. The minimum atomic E-state index is -0.309. The number of nitrogens with one attached hydrogen (secondary N) is 1. The van der Waals surface area contributed by atoms with Crippen molar-refractivity contribution in [2.75, 3.05) is 13.2 Å². The minimum absolute atomic E-state index is 0.0504. The molecule has 6 nitrogen and oxygen atoms in total. The van der Waals surface area contributed by atoms with Crippen molar-refractivity contribution in [2.45, 2.75) is 36.4 Å². The van der Waals surface area contributed by atoms with Crippen LogP contribution in [0.5, 0.6) is 0 Å². The topological polar surface area (TPSA) is 73.2 Å². The van der Waals surface area contributed by atoms with Gasteiger partial charge in [-0.15, -0.1) is 6.58 Å². The number of aromatic nitrogens is 2. The van der Waals surface area contributed by atoms with Crippen LogP contribution in [0.4, 0.5) is 4.39 Å². The van der Waals surface area contributed by atoms with E-state index in [-0.39, 0.29) is 23.4 Å². The number of fused-ring (bicyclic) bond motifs is 1. The number of ether oxygens (including phenoxy) is 1. The summed E-state index contributed by atoms with van der Waals surface area (Å²) in [6, 6.07) is 11.2. The van der Waals surface area contributed by atoms with E-state index in [2.05, 4.69) is 16.9 Å². The third kappa shape index (κ3) is 5.08. The number of carbonyl (C=O) groups is 1. The molecule has 1 amide bonds. The number of halogens is 1. The summed E-state index contributed by atoms with van der Waals surface area (Å²) in [5, 5.41) is 3.81. The molecule has 0 aliphatic carbocycles. The lowest BCUT2D eigenvalue weighted by Crippen LogP contribution is -2.31. The van der Waals surface area contributed by atoms with Gasteiger partial charge < -0.3 is 10.1 Å². The lowest BCUT2D eigenvalue weighted by molar-refractivity contribution is 0.0858. The molecule has 1 aliphatic rings. The van der Waals surface area contributed by atoms with Gasteiger partial charge in [-0.2, -0.15) is 0 Å². The quantitative estimate of drug-likeness (QED) is 0.318. The van der Waals surface area contributed by atoms with Gasteiger partial charge in [-0.1, -0.05) is 30.0 Å². The van der Waals surface area contributed by atoms with E-state index in [0.717, 1.165) is 25.0 Å². The van der Waals surface area contributed by atoms with Crippen LogP contribution in [-0.4, -0.2) is 34.7 Å². The highest BCUT2D eigenvalue weighted by Gasteiger charge is 2.18. The molecule has 1 saturated heterocycles. The van der Waals surface area contributed by atoms with E-state index < -0.39 is 0 Å². The Morgan fingerprint density at radius 2 is 2.22 bits per heavy atom. The van der Waals surface area contributed by atoms with Crippen LogP contribution in [0.25, 0.3) is 10.9 Å². The molecule has 166 valence electrons. The lowest BCUT2D eigenvalue weighted by Gasteiger charge is -2.13. The molecule has 0 saturated carbocycles. The normalized spacial score (nSPS) is 15.7. The second-order valence-corrected chi connectivity index (χ2v) is 8.54. The number of nitrogens with zero attached hydrogens (tertiary/aromatic N) is 2. The number of hydrogen-bond acceptors (Lipinski definition) is 5. The highest BCUT2D eigenvalue weighted by Crippen LogP contribution is 2.23. The predicted molar refractivity (Wildman–Crippen MR) is 123 cm³/mol. The van der Waals surface area contributed by atoms with Gasteiger partial charge in [0.15, 0.2) is 5.16 Å². The minimum Gasteiger partial charge on any atom is -0.376 e. The van der Waals surface area contributed by atoms with Crippen LogP contribution in [0.2, 0.25) is 0 Å². The van der Waals surface area contributed by atoms with Crippen LogP contribution in [-0.2, 0) is 17.0 Å². The largest absolute Gasteiger partial charge is 0.376 e. The van der Waals surface area contributed by atoms with E-state index in [1.54, 1.807) is 30.3 Å². The van der Waals surface area contributed by atoms with Crippen LogP contribution in [0.3, 0.4) is 0 Å². The molecule has 1 fully saturated rings. The van der Waals surface area contributed by atoms with Gasteiger partial charge in [-0.05, 0) is 48.7 Å². The van der Waals surface area contributed by atoms with Gasteiger partial charge in [0.2, 0.25) is 0 Å². The fourth-order valence-corrected chi connectivity index (χ4v) is 4.58. The Morgan fingerprint density at radius 3 is 2.97 bits per heavy atom. The summed E-state index contributed by atoms with van der Waals surface area (Å²) in [5.74, 6) is -0.0841. The molecule has 0 radical (unpaired) electrons. The Balaban J connectivity index is 1.60. The SMILES string of the molecule is C=CCn1c(SCc2cccc(F)c2)nc2cc(C(=O)NC[C@H]3CCCO3)ccc2c1=O. The van der Waals surface area contributed by atoms with Crippen molar-refractivity contribution in [3.8, 4) is 0 Å². The van der Waals surface area contributed by atoms with E-state index in [1.807, 2.05) is 6.07 Å². The number of benzene rings is 2. The van der Waals surface area contributed by atoms with Crippen LogP contribution >= 0.6 is 11.8 Å². The summed E-state index contributed by atoms with van der Waals surface area (Å²) >= 11 is 1.34. The molecule has 32 heavy (non-hydrogen) atoms. The van der Waals surface area contributed by atoms with Crippen LogP contribution < -0.4 is 10.9 Å². The van der Waals surface area contributed by atoms with Gasteiger partial charge >= 0.3 is 0 Å². The monoisotopic (exact) mass is 453 g/mol. The van der Waals surface area contributed by atoms with Crippen molar-refractivity contribution < 1.29 is 13.9 Å². The second-order valence-electron chi connectivity index (χ2n) is 7.59. The highest BCUT2D eigenvalue weighted by molar-refractivity contribution is 7.98. The Hall–Kier alpha value is -2.97. The molecular weight excluding hydrogens is 429 g/mol. The summed E-state index contributed by atoms with van der Waals surface area (Å²) in [4.78, 5) is 30.3. The van der Waals surface area contributed by atoms with E-state index in [0.29, 0.717) is 40.5 Å². The first-order valence-electron chi connectivity index (χ1n) is 10.5. The number of amides is 1. The van der Waals surface area contributed by atoms with Gasteiger partial charge in [-0.25, -0.2) is 9.37 Å². The average molecular weight is 454 g/mol.